The van der Waals surface area contributed by atoms with Gasteiger partial charge in [-0.15, -0.1) is 0 Å². The van der Waals surface area contributed by atoms with Crippen LogP contribution in [0.3, 0.4) is 0 Å². The molecule has 0 unspecified atom stereocenters. The van der Waals surface area contributed by atoms with Crippen molar-refractivity contribution in [2.24, 2.45) is 0 Å². The molecule has 156 valence electrons. The first-order valence-corrected chi connectivity index (χ1v) is 8.51. The van der Waals surface area contributed by atoms with Crippen LogP contribution in [0.1, 0.15) is 0 Å². The lowest BCUT2D eigenvalue weighted by Gasteiger charge is -2.23. The Hall–Kier alpha value is -3.62. The van der Waals surface area contributed by atoms with Gasteiger partial charge in [-0.3, -0.25) is 0 Å². The number of hydrogen-bond acceptors (Lipinski definition) is 3. The van der Waals surface area contributed by atoms with Crippen LogP contribution < -0.4 is 9.64 Å². The highest BCUT2D eigenvalue weighted by Gasteiger charge is 2.26. The number of hydrogen-bond donors (Lipinski definition) is 1. The third-order valence-corrected chi connectivity index (χ3v) is 4.26. The minimum atomic E-state index is -1.39. The van der Waals surface area contributed by atoms with Crippen molar-refractivity contribution in [1.29, 1.82) is 0 Å². The smallest absolute Gasteiger partial charge is 0.341 e. The Bertz CT molecular complexity index is 1120. The molecule has 9 heteroatoms. The zero-order chi connectivity index (χ0) is 22.0. The Labute approximate surface area is 167 Å². The van der Waals surface area contributed by atoms with E-state index in [1.165, 1.54) is 12.1 Å². The maximum absolute atomic E-state index is 15.1. The van der Waals surface area contributed by atoms with Crippen LogP contribution in [0.2, 0.25) is 0 Å². The molecule has 3 aromatic carbocycles. The average molecular weight is 423 g/mol. The molecule has 0 bridgehead atoms. The predicted octanol–water partition coefficient (Wildman–Crippen LogP) is 5.28. The fourth-order valence-electron chi connectivity index (χ4n) is 2.92. The topological polar surface area (TPSA) is 49.8 Å². The van der Waals surface area contributed by atoms with Crippen LogP contribution >= 0.6 is 0 Å². The molecule has 0 aromatic heterocycles. The predicted molar refractivity (Wildman–Crippen MR) is 99.3 cm³/mol. The molecule has 4 nitrogen and oxygen atoms in total. The van der Waals surface area contributed by atoms with E-state index in [1.807, 2.05) is 0 Å². The van der Waals surface area contributed by atoms with Crippen molar-refractivity contribution < 1.29 is 36.6 Å². The number of anilines is 2. The van der Waals surface area contributed by atoms with Crippen molar-refractivity contribution in [3.05, 3.63) is 77.6 Å². The summed E-state index contributed by atoms with van der Waals surface area (Å²) in [6.45, 7) is -0.899. The number of ether oxygens (including phenoxy) is 1. The molecule has 0 spiro atoms. The van der Waals surface area contributed by atoms with Gasteiger partial charge in [0.25, 0.3) is 0 Å². The maximum atomic E-state index is 15.1. The summed E-state index contributed by atoms with van der Waals surface area (Å²) in [5.74, 6) is -7.44. The van der Waals surface area contributed by atoms with Gasteiger partial charge in [0.05, 0.1) is 0 Å². The zero-order valence-electron chi connectivity index (χ0n) is 15.4. The van der Waals surface area contributed by atoms with Gasteiger partial charge in [0.1, 0.15) is 28.8 Å². The average Bonchev–Trinajstić information content (AvgIpc) is 2.67. The molecule has 0 saturated heterocycles. The third kappa shape index (κ3) is 4.05. The molecule has 0 aliphatic carbocycles. The Morgan fingerprint density at radius 2 is 1.57 bits per heavy atom. The zero-order valence-corrected chi connectivity index (χ0v) is 15.4. The van der Waals surface area contributed by atoms with Crippen LogP contribution in [0.25, 0.3) is 11.1 Å². The number of carboxylic acid groups (broad SMARTS) is 1. The third-order valence-electron chi connectivity index (χ3n) is 4.26. The summed E-state index contributed by atoms with van der Waals surface area (Å²) in [4.78, 5) is 11.2. The first kappa shape index (κ1) is 21.1. The molecule has 0 amide bonds. The number of carbonyl (C=O) groups is 1. The van der Waals surface area contributed by atoms with E-state index in [2.05, 4.69) is 0 Å². The van der Waals surface area contributed by atoms with Crippen molar-refractivity contribution in [2.45, 2.75) is 0 Å². The van der Waals surface area contributed by atoms with Crippen molar-refractivity contribution in [3.8, 4) is 16.9 Å². The molecule has 3 rings (SSSR count). The van der Waals surface area contributed by atoms with E-state index in [1.54, 1.807) is 0 Å². The van der Waals surface area contributed by atoms with Crippen LogP contribution in [0.15, 0.2) is 48.5 Å². The second kappa shape index (κ2) is 8.40. The summed E-state index contributed by atoms with van der Waals surface area (Å²) in [5.41, 5.74) is -1.73. The van der Waals surface area contributed by atoms with E-state index < -0.39 is 58.8 Å². The van der Waals surface area contributed by atoms with Gasteiger partial charge < -0.3 is 14.7 Å². The number of benzene rings is 3. The van der Waals surface area contributed by atoms with Crippen molar-refractivity contribution in [1.82, 2.24) is 0 Å². The molecule has 0 atom stereocenters. The first-order chi connectivity index (χ1) is 14.2. The highest BCUT2D eigenvalue weighted by atomic mass is 19.1. The summed E-state index contributed by atoms with van der Waals surface area (Å²) >= 11 is 0. The number of halogens is 5. The quantitative estimate of drug-likeness (QED) is 0.548. The van der Waals surface area contributed by atoms with Crippen molar-refractivity contribution in [2.75, 3.05) is 18.6 Å². The number of rotatable bonds is 6. The van der Waals surface area contributed by atoms with Gasteiger partial charge >= 0.3 is 5.97 Å². The molecule has 3 aromatic rings. The fraction of sp³-hybridized carbons (Fsp3) is 0.0952. The SMILES string of the molecule is CN(c1c(F)ccc(OCC(=O)O)c1F)c1c(F)ccc(-c2cccc(F)c2)c1F. The molecule has 0 fully saturated rings. The van der Waals surface area contributed by atoms with Gasteiger partial charge in [0, 0.05) is 12.6 Å². The normalized spacial score (nSPS) is 10.7. The number of aliphatic carboxylic acids is 1. The van der Waals surface area contributed by atoms with Gasteiger partial charge in [-0.2, -0.15) is 0 Å². The molecule has 0 radical (unpaired) electrons. The summed E-state index contributed by atoms with van der Waals surface area (Å²) in [7, 11) is 1.03. The molecule has 30 heavy (non-hydrogen) atoms. The summed E-state index contributed by atoms with van der Waals surface area (Å²) in [6.07, 6.45) is 0. The largest absolute Gasteiger partial charge is 0.479 e. The molecular formula is C21H14F5NO3. The van der Waals surface area contributed by atoms with E-state index in [0.29, 0.717) is 4.90 Å². The van der Waals surface area contributed by atoms with E-state index >= 15 is 4.39 Å². The molecule has 0 aliphatic heterocycles. The van der Waals surface area contributed by atoms with Crippen LogP contribution in [-0.4, -0.2) is 24.7 Å². The van der Waals surface area contributed by atoms with Crippen molar-refractivity contribution >= 4 is 17.3 Å². The Kier molecular flexibility index (Phi) is 5.91. The second-order valence-corrected chi connectivity index (χ2v) is 6.22. The molecule has 1 N–H and O–H groups in total. The monoisotopic (exact) mass is 423 g/mol. The van der Waals surface area contributed by atoms with Gasteiger partial charge in [0.2, 0.25) is 0 Å². The van der Waals surface area contributed by atoms with E-state index in [-0.39, 0.29) is 11.1 Å². The van der Waals surface area contributed by atoms with Gasteiger partial charge in [-0.25, -0.2) is 26.7 Å². The van der Waals surface area contributed by atoms with Crippen molar-refractivity contribution in [3.63, 3.8) is 0 Å². The Morgan fingerprint density at radius 1 is 0.933 bits per heavy atom. The number of nitrogens with zero attached hydrogens (tertiary/aromatic N) is 1. The first-order valence-electron chi connectivity index (χ1n) is 8.51. The number of carboxylic acids is 1. The van der Waals surface area contributed by atoms with Gasteiger partial charge in [0.15, 0.2) is 24.0 Å². The van der Waals surface area contributed by atoms with Crippen LogP contribution in [0, 0.1) is 29.1 Å². The van der Waals surface area contributed by atoms with Crippen LogP contribution in [0.4, 0.5) is 33.3 Å². The Morgan fingerprint density at radius 3 is 2.20 bits per heavy atom. The lowest BCUT2D eigenvalue weighted by Crippen LogP contribution is -2.18. The molecule has 0 aliphatic rings. The molecule has 0 heterocycles. The molecular weight excluding hydrogens is 409 g/mol. The van der Waals surface area contributed by atoms with E-state index in [0.717, 1.165) is 43.4 Å². The van der Waals surface area contributed by atoms with Gasteiger partial charge in [-0.1, -0.05) is 12.1 Å². The Balaban J connectivity index is 2.11. The summed E-state index contributed by atoms with van der Waals surface area (Å²) in [6, 6.07) is 8.50. The van der Waals surface area contributed by atoms with Crippen LogP contribution in [-0.2, 0) is 4.79 Å². The highest BCUT2D eigenvalue weighted by Crippen LogP contribution is 2.39. The minimum absolute atomic E-state index is 0.0987. The standard InChI is InChI=1S/C21H14F5NO3/c1-27(21-15(24)7-8-16(19(21)26)30-10-17(28)29)20-14(23)6-5-13(18(20)25)11-3-2-4-12(22)9-11/h2-9H,10H2,1H3,(H,28,29). The van der Waals surface area contributed by atoms with Crippen LogP contribution in [0.5, 0.6) is 5.75 Å². The van der Waals surface area contributed by atoms with Gasteiger partial charge in [-0.05, 0) is 42.0 Å². The summed E-state index contributed by atoms with van der Waals surface area (Å²) in [5, 5.41) is 8.65. The second-order valence-electron chi connectivity index (χ2n) is 6.22. The lowest BCUT2D eigenvalue weighted by atomic mass is 10.0. The maximum Gasteiger partial charge on any atom is 0.341 e. The highest BCUT2D eigenvalue weighted by molar-refractivity contribution is 5.74. The molecule has 0 saturated carbocycles. The summed E-state index contributed by atoms with van der Waals surface area (Å²) < 4.78 is 77.0. The van der Waals surface area contributed by atoms with E-state index in [4.69, 9.17) is 9.84 Å². The van der Waals surface area contributed by atoms with E-state index in [9.17, 15) is 22.4 Å². The minimum Gasteiger partial charge on any atom is -0.479 e. The lowest BCUT2D eigenvalue weighted by molar-refractivity contribution is -0.139. The fourth-order valence-corrected chi connectivity index (χ4v) is 2.92.